The second-order valence-corrected chi connectivity index (χ2v) is 10.6. The maximum atomic E-state index is 13.4. The van der Waals surface area contributed by atoms with Crippen molar-refractivity contribution in [2.45, 2.75) is 45.6 Å². The predicted molar refractivity (Wildman–Crippen MR) is 151 cm³/mol. The van der Waals surface area contributed by atoms with Gasteiger partial charge in [0.25, 0.3) is 5.91 Å². The third kappa shape index (κ3) is 6.89. The molecule has 1 saturated heterocycles. The summed E-state index contributed by atoms with van der Waals surface area (Å²) >= 11 is 10.3. The van der Waals surface area contributed by atoms with Crippen molar-refractivity contribution < 1.29 is 23.8 Å². The molecule has 0 aliphatic carbocycles. The van der Waals surface area contributed by atoms with Crippen molar-refractivity contribution in [2.24, 2.45) is 0 Å². The van der Waals surface area contributed by atoms with E-state index >= 15 is 0 Å². The summed E-state index contributed by atoms with van der Waals surface area (Å²) in [6, 6.07) is 11.8. The summed E-state index contributed by atoms with van der Waals surface area (Å²) in [5, 5.41) is 0. The second kappa shape index (κ2) is 13.8. The molecule has 0 aromatic heterocycles. The Balaban J connectivity index is 1.88. The van der Waals surface area contributed by atoms with E-state index in [1.165, 1.54) is 24.9 Å². The SMILES string of the molecule is CCCCCCOc1c(Br)cc(/C=C2\SC(=S)N(C(C(=O)OC)c3ccccc3)C2=O)cc1OCC. The minimum atomic E-state index is -0.955. The Morgan fingerprint density at radius 3 is 2.56 bits per heavy atom. The minimum absolute atomic E-state index is 0.293. The molecule has 0 spiro atoms. The maximum Gasteiger partial charge on any atom is 0.333 e. The molecule has 6 nitrogen and oxygen atoms in total. The van der Waals surface area contributed by atoms with E-state index in [0.29, 0.717) is 39.5 Å². The van der Waals surface area contributed by atoms with Crippen molar-refractivity contribution in [3.63, 3.8) is 0 Å². The van der Waals surface area contributed by atoms with Gasteiger partial charge in [0.05, 0.1) is 29.7 Å². The summed E-state index contributed by atoms with van der Waals surface area (Å²) in [5.74, 6) is 0.337. The highest BCUT2D eigenvalue weighted by Gasteiger charge is 2.41. The molecule has 36 heavy (non-hydrogen) atoms. The summed E-state index contributed by atoms with van der Waals surface area (Å²) < 4.78 is 17.9. The lowest BCUT2D eigenvalue weighted by Crippen LogP contribution is -2.37. The van der Waals surface area contributed by atoms with Gasteiger partial charge in [-0.15, -0.1) is 0 Å². The molecular formula is C27H30BrNO5S2. The van der Waals surface area contributed by atoms with Gasteiger partial charge in [-0.1, -0.05) is 80.5 Å². The number of halogens is 1. The molecule has 1 aliphatic rings. The lowest BCUT2D eigenvalue weighted by atomic mass is 10.1. The zero-order chi connectivity index (χ0) is 26.1. The topological polar surface area (TPSA) is 65.1 Å². The van der Waals surface area contributed by atoms with Gasteiger partial charge in [-0.25, -0.2) is 4.79 Å². The number of rotatable bonds is 12. The van der Waals surface area contributed by atoms with Crippen molar-refractivity contribution in [1.82, 2.24) is 4.90 Å². The van der Waals surface area contributed by atoms with E-state index in [0.717, 1.165) is 34.6 Å². The molecule has 1 fully saturated rings. The Morgan fingerprint density at radius 1 is 1.14 bits per heavy atom. The van der Waals surface area contributed by atoms with E-state index < -0.39 is 12.0 Å². The van der Waals surface area contributed by atoms with Crippen LogP contribution < -0.4 is 9.47 Å². The average molecular weight is 593 g/mol. The van der Waals surface area contributed by atoms with E-state index in [9.17, 15) is 9.59 Å². The molecule has 1 amide bonds. The van der Waals surface area contributed by atoms with Crippen LogP contribution in [0.5, 0.6) is 11.5 Å². The fraction of sp³-hybridized carbons (Fsp3) is 0.370. The molecule has 192 valence electrons. The number of ether oxygens (including phenoxy) is 3. The van der Waals surface area contributed by atoms with Crippen molar-refractivity contribution >= 4 is 62.2 Å². The first-order valence-electron chi connectivity index (χ1n) is 11.9. The lowest BCUT2D eigenvalue weighted by Gasteiger charge is -2.24. The number of amides is 1. The van der Waals surface area contributed by atoms with Gasteiger partial charge in [-0.2, -0.15) is 0 Å². The van der Waals surface area contributed by atoms with Crippen LogP contribution >= 0.6 is 39.9 Å². The Bertz CT molecular complexity index is 1120. The summed E-state index contributed by atoms with van der Waals surface area (Å²) in [7, 11) is 1.30. The number of nitrogens with zero attached hydrogens (tertiary/aromatic N) is 1. The second-order valence-electron chi connectivity index (χ2n) is 8.06. The molecule has 2 aromatic rings. The summed E-state index contributed by atoms with van der Waals surface area (Å²) in [5.41, 5.74) is 1.38. The summed E-state index contributed by atoms with van der Waals surface area (Å²) in [4.78, 5) is 27.8. The first-order chi connectivity index (χ1) is 17.4. The van der Waals surface area contributed by atoms with Gasteiger partial charge in [0.2, 0.25) is 0 Å². The van der Waals surface area contributed by atoms with Crippen LogP contribution in [0.2, 0.25) is 0 Å². The maximum absolute atomic E-state index is 13.4. The number of unbranched alkanes of at least 4 members (excludes halogenated alkanes) is 3. The molecule has 0 radical (unpaired) electrons. The van der Waals surface area contributed by atoms with Crippen LogP contribution in [0.3, 0.4) is 0 Å². The molecular weight excluding hydrogens is 562 g/mol. The van der Waals surface area contributed by atoms with Crippen LogP contribution in [0, 0.1) is 0 Å². The van der Waals surface area contributed by atoms with Gasteiger partial charge in [-0.05, 0) is 58.6 Å². The molecule has 1 atom stereocenters. The van der Waals surface area contributed by atoms with Crippen LogP contribution in [-0.4, -0.2) is 41.4 Å². The third-order valence-corrected chi connectivity index (χ3v) is 7.41. The number of thiocarbonyl (C=S) groups is 1. The molecule has 9 heteroatoms. The highest BCUT2D eigenvalue weighted by Crippen LogP contribution is 2.41. The summed E-state index contributed by atoms with van der Waals surface area (Å²) in [6.07, 6.45) is 6.19. The van der Waals surface area contributed by atoms with Gasteiger partial charge in [0.1, 0.15) is 4.32 Å². The number of thioether (sulfide) groups is 1. The number of benzene rings is 2. The summed E-state index contributed by atoms with van der Waals surface area (Å²) in [6.45, 7) is 5.16. The van der Waals surface area contributed by atoms with Crippen LogP contribution in [0.15, 0.2) is 51.8 Å². The fourth-order valence-electron chi connectivity index (χ4n) is 3.77. The normalized spacial score (nSPS) is 15.3. The molecule has 1 heterocycles. The van der Waals surface area contributed by atoms with Crippen LogP contribution in [-0.2, 0) is 14.3 Å². The highest BCUT2D eigenvalue weighted by molar-refractivity contribution is 9.10. The van der Waals surface area contributed by atoms with Gasteiger partial charge in [-0.3, -0.25) is 9.69 Å². The highest BCUT2D eigenvalue weighted by atomic mass is 79.9. The number of carbonyl (C=O) groups excluding carboxylic acids is 2. The fourth-order valence-corrected chi connectivity index (χ4v) is 5.66. The van der Waals surface area contributed by atoms with Crippen molar-refractivity contribution in [1.29, 1.82) is 0 Å². The molecule has 1 unspecified atom stereocenters. The van der Waals surface area contributed by atoms with Crippen molar-refractivity contribution in [3.05, 3.63) is 63.0 Å². The number of methoxy groups -OCH3 is 1. The smallest absolute Gasteiger partial charge is 0.333 e. The Labute approximate surface area is 230 Å². The van der Waals surface area contributed by atoms with E-state index in [4.69, 9.17) is 26.4 Å². The molecule has 2 aromatic carbocycles. The van der Waals surface area contributed by atoms with Gasteiger partial charge >= 0.3 is 5.97 Å². The van der Waals surface area contributed by atoms with Crippen molar-refractivity contribution in [3.8, 4) is 11.5 Å². The van der Waals surface area contributed by atoms with Crippen molar-refractivity contribution in [2.75, 3.05) is 20.3 Å². The van der Waals surface area contributed by atoms with E-state index in [2.05, 4.69) is 22.9 Å². The quantitative estimate of drug-likeness (QED) is 0.115. The zero-order valence-corrected chi connectivity index (χ0v) is 23.8. The lowest BCUT2D eigenvalue weighted by molar-refractivity contribution is -0.148. The van der Waals surface area contributed by atoms with E-state index in [-0.39, 0.29) is 5.91 Å². The van der Waals surface area contributed by atoms with Gasteiger partial charge in [0, 0.05) is 0 Å². The Hall–Kier alpha value is -2.36. The third-order valence-electron chi connectivity index (χ3n) is 5.50. The standard InChI is InChI=1S/C27H30BrNO5S2/c1-4-6-7-11-14-34-24-20(28)15-18(16-21(24)33-5-2)17-22-25(30)29(27(35)36-22)23(26(31)32-3)19-12-9-8-10-13-19/h8-10,12-13,15-17,23H,4-7,11,14H2,1-3H3/b22-17-. The first-order valence-corrected chi connectivity index (χ1v) is 13.9. The number of carbonyl (C=O) groups is 2. The predicted octanol–water partition coefficient (Wildman–Crippen LogP) is 6.92. The average Bonchev–Trinajstić information content (AvgIpc) is 3.14. The largest absolute Gasteiger partial charge is 0.490 e. The minimum Gasteiger partial charge on any atom is -0.490 e. The van der Waals surface area contributed by atoms with E-state index in [1.807, 2.05) is 25.1 Å². The van der Waals surface area contributed by atoms with E-state index in [1.54, 1.807) is 30.3 Å². The zero-order valence-electron chi connectivity index (χ0n) is 20.6. The molecule has 0 N–H and O–H groups in total. The van der Waals surface area contributed by atoms with Crippen LogP contribution in [0.25, 0.3) is 6.08 Å². The molecule has 0 bridgehead atoms. The molecule has 0 saturated carbocycles. The van der Waals surface area contributed by atoms with Gasteiger partial charge < -0.3 is 14.2 Å². The Morgan fingerprint density at radius 2 is 1.89 bits per heavy atom. The molecule has 1 aliphatic heterocycles. The Kier molecular flexibility index (Phi) is 10.8. The number of esters is 1. The molecule has 3 rings (SSSR count). The monoisotopic (exact) mass is 591 g/mol. The number of hydrogen-bond acceptors (Lipinski definition) is 7. The first kappa shape index (κ1) is 28.2. The number of hydrogen-bond donors (Lipinski definition) is 0. The van der Waals surface area contributed by atoms with Crippen LogP contribution in [0.1, 0.15) is 56.7 Å². The van der Waals surface area contributed by atoms with Crippen LogP contribution in [0.4, 0.5) is 0 Å². The van der Waals surface area contributed by atoms with Gasteiger partial charge in [0.15, 0.2) is 17.5 Å².